The predicted octanol–water partition coefficient (Wildman–Crippen LogP) is 4.95. The van der Waals surface area contributed by atoms with Gasteiger partial charge in [0, 0.05) is 16.1 Å². The number of hydrogen-bond acceptors (Lipinski definition) is 8. The number of nitrogens with one attached hydrogen (secondary N) is 1. The van der Waals surface area contributed by atoms with E-state index in [0.29, 0.717) is 28.1 Å². The molecule has 1 heterocycles. The Morgan fingerprint density at radius 3 is 2.63 bits per heavy atom. The topological polar surface area (TPSA) is 107 Å². The Balaban J connectivity index is 1.34. The van der Waals surface area contributed by atoms with Gasteiger partial charge in [-0.25, -0.2) is 10.1 Å². The van der Waals surface area contributed by atoms with Crippen molar-refractivity contribution < 1.29 is 9.53 Å². The number of anilines is 1. The Bertz CT molecular complexity index is 1320. The molecule has 0 bridgehead atoms. The van der Waals surface area contributed by atoms with E-state index in [1.807, 2.05) is 79.7 Å². The number of benzene rings is 3. The summed E-state index contributed by atoms with van der Waals surface area (Å²) >= 11 is 7.14. The van der Waals surface area contributed by atoms with Crippen LogP contribution in [0.1, 0.15) is 27.0 Å². The third-order valence-corrected chi connectivity index (χ3v) is 6.16. The number of Topliss-reactive ketones (excluding diaryl/α,β-unsaturated/α-hetero) is 1. The van der Waals surface area contributed by atoms with Crippen molar-refractivity contribution in [2.24, 2.45) is 5.10 Å². The molecule has 4 rings (SSSR count). The van der Waals surface area contributed by atoms with Crippen molar-refractivity contribution in [2.75, 3.05) is 17.0 Å². The van der Waals surface area contributed by atoms with E-state index in [0.717, 1.165) is 16.7 Å². The molecule has 8 nitrogen and oxygen atoms in total. The van der Waals surface area contributed by atoms with Crippen LogP contribution in [0.15, 0.2) is 83.1 Å². The van der Waals surface area contributed by atoms with E-state index < -0.39 is 0 Å². The number of ketones is 1. The highest BCUT2D eigenvalue weighted by Crippen LogP contribution is 2.20. The van der Waals surface area contributed by atoms with Gasteiger partial charge in [-0.05, 0) is 36.8 Å². The Hall–Kier alpha value is -3.82. The first-order valence-electron chi connectivity index (χ1n) is 10.7. The molecule has 1 aromatic heterocycles. The number of carbonyl (C=O) groups is 1. The van der Waals surface area contributed by atoms with E-state index in [-0.39, 0.29) is 17.5 Å². The van der Waals surface area contributed by atoms with Gasteiger partial charge in [0.15, 0.2) is 5.78 Å². The van der Waals surface area contributed by atoms with Crippen molar-refractivity contribution >= 4 is 41.3 Å². The van der Waals surface area contributed by atoms with Crippen molar-refractivity contribution in [1.82, 2.24) is 14.9 Å². The van der Waals surface area contributed by atoms with E-state index in [1.54, 1.807) is 6.21 Å². The maximum atomic E-state index is 12.4. The summed E-state index contributed by atoms with van der Waals surface area (Å²) in [7, 11) is 0. The number of carbonyl (C=O) groups excluding carboxylic acids is 1. The lowest BCUT2D eigenvalue weighted by atomic mass is 10.1. The lowest BCUT2D eigenvalue weighted by Gasteiger charge is -2.09. The summed E-state index contributed by atoms with van der Waals surface area (Å²) in [5, 5.41) is 13.3. The molecule has 3 N–H and O–H groups in total. The first-order valence-corrected chi connectivity index (χ1v) is 12.0. The molecule has 0 aliphatic carbocycles. The minimum absolute atomic E-state index is 0.0132. The first kappa shape index (κ1) is 24.3. The standard InChI is InChI=1S/C25H23ClN6O2S/c1-17-6-10-19(11-7-17)22(33)16-35-25-31-30-24(32(25)27)29-28-14-20-4-2-3-5-23(20)34-15-18-8-12-21(26)13-9-18/h2-14H,15-16,27H2,1H3,(H,29,30)/b28-14+. The number of para-hydroxylation sites is 1. The number of rotatable bonds is 10. The molecule has 178 valence electrons. The summed E-state index contributed by atoms with van der Waals surface area (Å²) < 4.78 is 7.19. The van der Waals surface area contributed by atoms with Gasteiger partial charge in [-0.3, -0.25) is 4.79 Å². The van der Waals surface area contributed by atoms with E-state index in [9.17, 15) is 4.79 Å². The molecule has 0 spiro atoms. The van der Waals surface area contributed by atoms with E-state index in [1.165, 1.54) is 16.4 Å². The largest absolute Gasteiger partial charge is 0.488 e. The highest BCUT2D eigenvalue weighted by atomic mass is 35.5. The third-order valence-electron chi connectivity index (χ3n) is 4.97. The summed E-state index contributed by atoms with van der Waals surface area (Å²) in [4.78, 5) is 12.4. The van der Waals surface area contributed by atoms with Gasteiger partial charge in [-0.1, -0.05) is 77.5 Å². The number of ether oxygens (including phenoxy) is 1. The van der Waals surface area contributed by atoms with Crippen LogP contribution in [-0.2, 0) is 6.61 Å². The van der Waals surface area contributed by atoms with Gasteiger partial charge in [0.25, 0.3) is 5.95 Å². The number of aryl methyl sites for hydroxylation is 1. The lowest BCUT2D eigenvalue weighted by Crippen LogP contribution is -2.14. The molecule has 0 unspecified atom stereocenters. The van der Waals surface area contributed by atoms with Gasteiger partial charge in [0.2, 0.25) is 5.16 Å². The van der Waals surface area contributed by atoms with Crippen LogP contribution in [0.3, 0.4) is 0 Å². The number of nitrogen functional groups attached to an aromatic ring is 1. The lowest BCUT2D eigenvalue weighted by molar-refractivity contribution is 0.102. The molecule has 0 radical (unpaired) electrons. The second-order valence-electron chi connectivity index (χ2n) is 7.58. The van der Waals surface area contributed by atoms with Gasteiger partial charge in [0.1, 0.15) is 12.4 Å². The summed E-state index contributed by atoms with van der Waals surface area (Å²) in [5.41, 5.74) is 6.30. The maximum Gasteiger partial charge on any atom is 0.264 e. The minimum Gasteiger partial charge on any atom is -0.488 e. The second kappa shape index (κ2) is 11.5. The zero-order valence-electron chi connectivity index (χ0n) is 18.9. The normalized spacial score (nSPS) is 11.0. The average molecular weight is 507 g/mol. The fourth-order valence-corrected chi connectivity index (χ4v) is 3.90. The van der Waals surface area contributed by atoms with Crippen LogP contribution in [0.4, 0.5) is 5.95 Å². The molecule has 10 heteroatoms. The number of thioether (sulfide) groups is 1. The molecule has 0 fully saturated rings. The molecule has 4 aromatic rings. The molecular formula is C25H23ClN6O2S. The van der Waals surface area contributed by atoms with Crippen LogP contribution in [0.2, 0.25) is 5.02 Å². The number of nitrogens with two attached hydrogens (primary N) is 1. The number of hydrogen-bond donors (Lipinski definition) is 2. The second-order valence-corrected chi connectivity index (χ2v) is 8.96. The number of nitrogens with zero attached hydrogens (tertiary/aromatic N) is 4. The van der Waals surface area contributed by atoms with Gasteiger partial charge in [0.05, 0.1) is 12.0 Å². The summed E-state index contributed by atoms with van der Waals surface area (Å²) in [6.45, 7) is 2.37. The van der Waals surface area contributed by atoms with E-state index in [2.05, 4.69) is 20.7 Å². The molecular weight excluding hydrogens is 484 g/mol. The Morgan fingerprint density at radius 1 is 1.11 bits per heavy atom. The summed E-state index contributed by atoms with van der Waals surface area (Å²) in [6.07, 6.45) is 1.61. The molecule has 0 aliphatic rings. The molecule has 35 heavy (non-hydrogen) atoms. The van der Waals surface area contributed by atoms with Crippen molar-refractivity contribution in [3.05, 3.63) is 100 Å². The highest BCUT2D eigenvalue weighted by molar-refractivity contribution is 7.99. The smallest absolute Gasteiger partial charge is 0.264 e. The zero-order chi connectivity index (χ0) is 24.6. The van der Waals surface area contributed by atoms with Crippen LogP contribution < -0.4 is 16.0 Å². The van der Waals surface area contributed by atoms with E-state index in [4.69, 9.17) is 22.2 Å². The van der Waals surface area contributed by atoms with Crippen LogP contribution >= 0.6 is 23.4 Å². The maximum absolute atomic E-state index is 12.4. The fraction of sp³-hybridized carbons (Fsp3) is 0.120. The van der Waals surface area contributed by atoms with Crippen molar-refractivity contribution in [1.29, 1.82) is 0 Å². The van der Waals surface area contributed by atoms with Crippen LogP contribution in [-0.4, -0.2) is 32.6 Å². The number of hydrazone groups is 1. The van der Waals surface area contributed by atoms with Crippen molar-refractivity contribution in [3.8, 4) is 5.75 Å². The third kappa shape index (κ3) is 6.62. The Morgan fingerprint density at radius 2 is 1.86 bits per heavy atom. The zero-order valence-corrected chi connectivity index (χ0v) is 20.5. The summed E-state index contributed by atoms with van der Waals surface area (Å²) in [6, 6.07) is 22.4. The highest BCUT2D eigenvalue weighted by Gasteiger charge is 2.13. The summed E-state index contributed by atoms with van der Waals surface area (Å²) in [5.74, 6) is 7.17. The van der Waals surface area contributed by atoms with Crippen molar-refractivity contribution in [2.45, 2.75) is 18.7 Å². The molecule has 0 amide bonds. The Labute approximate surface area is 212 Å². The average Bonchev–Trinajstić information content (AvgIpc) is 3.22. The van der Waals surface area contributed by atoms with Crippen LogP contribution in [0.25, 0.3) is 0 Å². The fourth-order valence-electron chi connectivity index (χ4n) is 3.02. The van der Waals surface area contributed by atoms with Gasteiger partial charge in [-0.2, -0.15) is 5.10 Å². The minimum atomic E-state index is -0.0132. The van der Waals surface area contributed by atoms with Gasteiger partial charge < -0.3 is 10.6 Å². The van der Waals surface area contributed by atoms with Crippen molar-refractivity contribution in [3.63, 3.8) is 0 Å². The first-order chi connectivity index (χ1) is 17.0. The molecule has 0 atom stereocenters. The quantitative estimate of drug-likeness (QED) is 0.103. The molecule has 0 aliphatic heterocycles. The predicted molar refractivity (Wildman–Crippen MR) is 140 cm³/mol. The van der Waals surface area contributed by atoms with Gasteiger partial charge in [-0.15, -0.1) is 10.2 Å². The monoisotopic (exact) mass is 506 g/mol. The number of aromatic nitrogens is 3. The number of halogens is 1. The SMILES string of the molecule is Cc1ccc(C(=O)CSc2nnc(N/N=C/c3ccccc3OCc3ccc(Cl)cc3)n2N)cc1. The Kier molecular flexibility index (Phi) is 8.02. The van der Waals surface area contributed by atoms with Crippen LogP contribution in [0, 0.1) is 6.92 Å². The molecule has 0 saturated heterocycles. The van der Waals surface area contributed by atoms with E-state index >= 15 is 0 Å². The van der Waals surface area contributed by atoms with Gasteiger partial charge >= 0.3 is 0 Å². The molecule has 3 aromatic carbocycles. The van der Waals surface area contributed by atoms with Crippen LogP contribution in [0.5, 0.6) is 5.75 Å². The molecule has 0 saturated carbocycles.